The van der Waals surface area contributed by atoms with Crippen LogP contribution in [0.5, 0.6) is 0 Å². The highest BCUT2D eigenvalue weighted by Gasteiger charge is 2.23. The summed E-state index contributed by atoms with van der Waals surface area (Å²) in [6.45, 7) is 2.23. The Labute approximate surface area is 383 Å². The minimum absolute atomic E-state index is 0.347. The first-order valence-electron chi connectivity index (χ1n) is 23.4. The van der Waals surface area contributed by atoms with Crippen LogP contribution in [0.3, 0.4) is 0 Å². The van der Waals surface area contributed by atoms with Crippen LogP contribution < -0.4 is 0 Å². The summed E-state index contributed by atoms with van der Waals surface area (Å²) in [7, 11) is 0. The van der Waals surface area contributed by atoms with Crippen LogP contribution >= 0.6 is 0 Å². The third-order valence-corrected chi connectivity index (χ3v) is 14.0. The van der Waals surface area contributed by atoms with Gasteiger partial charge in [-0.25, -0.2) is 9.97 Å². The minimum Gasteiger partial charge on any atom is -0.313 e. The van der Waals surface area contributed by atoms with Gasteiger partial charge in [0.1, 0.15) is 0 Å². The largest absolute Gasteiger partial charge is 0.313 e. The molecule has 66 heavy (non-hydrogen) atoms. The fraction of sp³-hybridized carbons (Fsp3) is 0.0968. The highest BCUT2D eigenvalue weighted by molar-refractivity contribution is 6.21. The molecule has 13 rings (SSSR count). The molecule has 4 nitrogen and oxygen atoms in total. The summed E-state index contributed by atoms with van der Waals surface area (Å²) in [4.78, 5) is 10.8. The summed E-state index contributed by atoms with van der Waals surface area (Å²) >= 11 is 0. The molecule has 2 aliphatic carbocycles. The quantitative estimate of drug-likeness (QED) is 0.160. The lowest BCUT2D eigenvalue weighted by molar-refractivity contribution is 0.854. The minimum atomic E-state index is 0.347. The van der Waals surface area contributed by atoms with E-state index in [1.165, 1.54) is 76.4 Å². The molecule has 8 aromatic carbocycles. The van der Waals surface area contributed by atoms with Crippen molar-refractivity contribution in [3.63, 3.8) is 0 Å². The highest BCUT2D eigenvalue weighted by Crippen LogP contribution is 2.43. The molecular formula is C62H46N4. The third-order valence-electron chi connectivity index (χ3n) is 14.0. The van der Waals surface area contributed by atoms with Gasteiger partial charge in [0.2, 0.25) is 0 Å². The Kier molecular flexibility index (Phi) is 9.06. The zero-order chi connectivity index (χ0) is 43.7. The van der Waals surface area contributed by atoms with Gasteiger partial charge in [0, 0.05) is 61.1 Å². The van der Waals surface area contributed by atoms with E-state index in [1.807, 2.05) is 0 Å². The Balaban J connectivity index is 1.01. The number of benzene rings is 8. The zero-order valence-corrected chi connectivity index (χ0v) is 36.8. The van der Waals surface area contributed by atoms with Gasteiger partial charge in [0.25, 0.3) is 0 Å². The van der Waals surface area contributed by atoms with Gasteiger partial charge in [0.15, 0.2) is 5.82 Å². The fourth-order valence-corrected chi connectivity index (χ4v) is 10.9. The van der Waals surface area contributed by atoms with Crippen molar-refractivity contribution in [2.24, 2.45) is 0 Å². The summed E-state index contributed by atoms with van der Waals surface area (Å²) in [6.07, 6.45) is 19.5. The number of hydrogen-bond donors (Lipinski definition) is 0. The lowest BCUT2D eigenvalue weighted by Gasteiger charge is -2.19. The topological polar surface area (TPSA) is 35.6 Å². The van der Waals surface area contributed by atoms with Crippen molar-refractivity contribution < 1.29 is 0 Å². The smallest absolute Gasteiger partial charge is 0.160 e. The molecule has 0 saturated carbocycles. The number of fused-ring (bicyclic) bond motifs is 8. The summed E-state index contributed by atoms with van der Waals surface area (Å²) in [5.74, 6) is 1.08. The first-order chi connectivity index (χ1) is 32.7. The molecule has 0 saturated heterocycles. The van der Waals surface area contributed by atoms with Crippen molar-refractivity contribution in [2.45, 2.75) is 38.5 Å². The fourth-order valence-electron chi connectivity index (χ4n) is 10.9. The molecule has 11 aromatic rings. The molecule has 4 heteroatoms. The number of nitrogens with zero attached hydrogens (tertiary/aromatic N) is 4. The molecule has 3 aromatic heterocycles. The number of hydrogen-bond acceptors (Lipinski definition) is 2. The van der Waals surface area contributed by atoms with Gasteiger partial charge >= 0.3 is 0 Å². The van der Waals surface area contributed by atoms with Crippen LogP contribution in [0.1, 0.15) is 43.2 Å². The van der Waals surface area contributed by atoms with Gasteiger partial charge in [-0.3, -0.25) is 0 Å². The van der Waals surface area contributed by atoms with Gasteiger partial charge in [0.05, 0.1) is 33.5 Å². The first kappa shape index (κ1) is 38.4. The second-order valence-electron chi connectivity index (χ2n) is 17.9. The van der Waals surface area contributed by atoms with Gasteiger partial charge in [-0.2, -0.15) is 0 Å². The van der Waals surface area contributed by atoms with E-state index >= 15 is 0 Å². The second kappa shape index (κ2) is 15.6. The van der Waals surface area contributed by atoms with E-state index in [0.29, 0.717) is 5.92 Å². The predicted octanol–water partition coefficient (Wildman–Crippen LogP) is 16.3. The maximum Gasteiger partial charge on any atom is 0.160 e. The summed E-state index contributed by atoms with van der Waals surface area (Å²) in [5.41, 5.74) is 15.0. The number of para-hydroxylation sites is 1. The van der Waals surface area contributed by atoms with E-state index in [-0.39, 0.29) is 0 Å². The number of rotatable bonds is 7. The lowest BCUT2D eigenvalue weighted by Crippen LogP contribution is -2.04. The van der Waals surface area contributed by atoms with Gasteiger partial charge < -0.3 is 9.13 Å². The first-order valence-corrected chi connectivity index (χ1v) is 23.4. The molecule has 0 spiro atoms. The molecular weight excluding hydrogens is 801 g/mol. The molecule has 1 atom stereocenters. The molecule has 2 aliphatic rings. The molecule has 0 radical (unpaired) electrons. The third kappa shape index (κ3) is 6.20. The monoisotopic (exact) mass is 846 g/mol. The zero-order valence-electron chi connectivity index (χ0n) is 36.8. The number of allylic oxidation sites excluding steroid dienone is 8. The van der Waals surface area contributed by atoms with E-state index in [2.05, 4.69) is 222 Å². The normalized spacial score (nSPS) is 15.0. The van der Waals surface area contributed by atoms with Crippen LogP contribution in [0.2, 0.25) is 0 Å². The van der Waals surface area contributed by atoms with Crippen LogP contribution in [0.4, 0.5) is 0 Å². The van der Waals surface area contributed by atoms with Gasteiger partial charge in [-0.1, -0.05) is 159 Å². The Bertz CT molecular complexity index is 3890. The summed E-state index contributed by atoms with van der Waals surface area (Å²) < 4.78 is 5.00. The van der Waals surface area contributed by atoms with Crippen molar-refractivity contribution in [3.8, 4) is 39.6 Å². The van der Waals surface area contributed by atoms with E-state index in [9.17, 15) is 0 Å². The van der Waals surface area contributed by atoms with Crippen molar-refractivity contribution in [1.82, 2.24) is 19.1 Å². The van der Waals surface area contributed by atoms with Crippen LogP contribution in [0, 0.1) is 0 Å². The second-order valence-corrected chi connectivity index (χ2v) is 17.9. The molecule has 0 fully saturated rings. The SMILES string of the molecule is CCc1c(-c2cccc(C3C=CC=CC3)c2)nc(-c2ccccc2)nc1-c1cccc2cc(-n3c4ccccc4c4cc5c6cc7ccccc7cc6n(C6=CC=CCC6)c5cc43)ccc12. The maximum atomic E-state index is 5.45. The van der Waals surface area contributed by atoms with E-state index in [1.54, 1.807) is 0 Å². The maximum absolute atomic E-state index is 5.45. The van der Waals surface area contributed by atoms with Crippen molar-refractivity contribution in [2.75, 3.05) is 0 Å². The van der Waals surface area contributed by atoms with Crippen molar-refractivity contribution in [3.05, 3.63) is 217 Å². The van der Waals surface area contributed by atoms with E-state index < -0.39 is 0 Å². The van der Waals surface area contributed by atoms with E-state index in [4.69, 9.17) is 9.97 Å². The average Bonchev–Trinajstić information content (AvgIpc) is 3.88. The van der Waals surface area contributed by atoms with Crippen LogP contribution in [-0.2, 0) is 6.42 Å². The molecule has 0 amide bonds. The van der Waals surface area contributed by atoms with Crippen LogP contribution in [-0.4, -0.2) is 19.1 Å². The highest BCUT2D eigenvalue weighted by atomic mass is 15.0. The molecule has 0 bridgehead atoms. The van der Waals surface area contributed by atoms with E-state index in [0.717, 1.165) is 70.8 Å². The number of aromatic nitrogens is 4. The standard InChI is InChI=1S/C62H46N4/c1-2-49-60(46-26-16-24-42(34-46)40-18-6-3-7-19-40)63-62(41-20-8-4-9-21-41)64-61(49)52-30-17-25-45-35-48(32-33-50(45)52)66-56-31-15-14-29-51(56)54-38-55-53-36-43-22-12-13-23-44(43)37-57(53)65(59(55)39-58(54)66)47-27-10-5-11-28-47/h3-10,12-18,20-27,29-40H,2,11,19,28H2,1H3. The lowest BCUT2D eigenvalue weighted by atomic mass is 9.89. The Hall–Kier alpha value is -8.08. The molecule has 314 valence electrons. The molecule has 0 N–H and O–H groups in total. The van der Waals surface area contributed by atoms with Crippen LogP contribution in [0.25, 0.3) is 110 Å². The Morgan fingerprint density at radius 1 is 0.515 bits per heavy atom. The van der Waals surface area contributed by atoms with Crippen molar-refractivity contribution >= 4 is 70.9 Å². The predicted molar refractivity (Wildman–Crippen MR) is 278 cm³/mol. The summed E-state index contributed by atoms with van der Waals surface area (Å²) in [6, 6.07) is 60.4. The average molecular weight is 847 g/mol. The summed E-state index contributed by atoms with van der Waals surface area (Å²) in [5, 5.41) is 9.93. The van der Waals surface area contributed by atoms with Crippen LogP contribution in [0.15, 0.2) is 206 Å². The van der Waals surface area contributed by atoms with Gasteiger partial charge in [-0.15, -0.1) is 0 Å². The Morgan fingerprint density at radius 3 is 2.11 bits per heavy atom. The molecule has 0 aliphatic heterocycles. The van der Waals surface area contributed by atoms with Gasteiger partial charge in [-0.05, 0) is 107 Å². The Morgan fingerprint density at radius 2 is 1.26 bits per heavy atom. The van der Waals surface area contributed by atoms with Crippen molar-refractivity contribution in [1.29, 1.82) is 0 Å². The molecule has 3 heterocycles. The molecule has 1 unspecified atom stereocenters.